The molecule has 0 spiro atoms. The second-order valence-corrected chi connectivity index (χ2v) is 4.72. The zero-order valence-electron chi connectivity index (χ0n) is 9.60. The number of rotatable bonds is 3. The van der Waals surface area contributed by atoms with Gasteiger partial charge in [0.2, 0.25) is 5.95 Å². The number of nitrogen functional groups attached to an aromatic ring is 1. The summed E-state index contributed by atoms with van der Waals surface area (Å²) >= 11 is 0.518. The summed E-state index contributed by atoms with van der Waals surface area (Å²) in [6.07, 6.45) is 0. The Morgan fingerprint density at radius 3 is 2.39 bits per heavy atom. The third kappa shape index (κ3) is 3.16. The van der Waals surface area contributed by atoms with Crippen molar-refractivity contribution in [2.75, 3.05) is 5.73 Å². The summed E-state index contributed by atoms with van der Waals surface area (Å²) in [5.41, 5.74) is 7.85. The molecule has 0 fully saturated rings. The predicted molar refractivity (Wildman–Crippen MR) is 68.5 cm³/mol. The van der Waals surface area contributed by atoms with Crippen molar-refractivity contribution < 1.29 is 8.78 Å². The number of aromatic nitrogens is 2. The van der Waals surface area contributed by atoms with Crippen molar-refractivity contribution >= 4 is 17.7 Å². The maximum atomic E-state index is 12.2. The number of nitrogens with zero attached hydrogens (tertiary/aromatic N) is 2. The molecule has 2 N–H and O–H groups in total. The first-order valence-corrected chi connectivity index (χ1v) is 6.09. The largest absolute Gasteiger partial charge is 0.368 e. The van der Waals surface area contributed by atoms with E-state index in [1.807, 2.05) is 6.92 Å². The molecule has 94 valence electrons. The molecule has 6 heteroatoms. The fourth-order valence-corrected chi connectivity index (χ4v) is 2.05. The van der Waals surface area contributed by atoms with Crippen molar-refractivity contribution in [3.63, 3.8) is 0 Å². The standard InChI is InChI=1S/C12H11F2N3S/c1-7-6-10(17-12(15)16-7)8-2-4-9(5-3-8)18-11(13)14/h2-6,11H,1H3,(H2,15,16,17). The quantitative estimate of drug-likeness (QED) is 0.866. The Hall–Kier alpha value is -1.69. The van der Waals surface area contributed by atoms with Gasteiger partial charge in [-0.05, 0) is 25.1 Å². The molecule has 0 saturated heterocycles. The topological polar surface area (TPSA) is 51.8 Å². The van der Waals surface area contributed by atoms with Gasteiger partial charge in [-0.2, -0.15) is 8.78 Å². The van der Waals surface area contributed by atoms with E-state index in [2.05, 4.69) is 9.97 Å². The number of nitrogens with two attached hydrogens (primary N) is 1. The van der Waals surface area contributed by atoms with Gasteiger partial charge in [-0.15, -0.1) is 0 Å². The summed E-state index contributed by atoms with van der Waals surface area (Å²) in [6.45, 7) is 1.82. The maximum Gasteiger partial charge on any atom is 0.288 e. The van der Waals surface area contributed by atoms with Crippen LogP contribution in [-0.2, 0) is 0 Å². The monoisotopic (exact) mass is 267 g/mol. The third-order valence-electron chi connectivity index (χ3n) is 2.25. The lowest BCUT2D eigenvalue weighted by molar-refractivity contribution is 0.252. The van der Waals surface area contributed by atoms with E-state index in [1.165, 1.54) is 0 Å². The lowest BCUT2D eigenvalue weighted by Crippen LogP contribution is -1.98. The van der Waals surface area contributed by atoms with Crippen molar-refractivity contribution in [1.29, 1.82) is 0 Å². The van der Waals surface area contributed by atoms with Crippen LogP contribution in [-0.4, -0.2) is 15.7 Å². The van der Waals surface area contributed by atoms with E-state index in [9.17, 15) is 8.78 Å². The van der Waals surface area contributed by atoms with Gasteiger partial charge in [-0.1, -0.05) is 23.9 Å². The third-order valence-corrected chi connectivity index (χ3v) is 2.97. The summed E-state index contributed by atoms with van der Waals surface area (Å²) in [6, 6.07) is 8.56. The number of aryl methyl sites for hydroxylation is 1. The lowest BCUT2D eigenvalue weighted by Gasteiger charge is -2.05. The van der Waals surface area contributed by atoms with Gasteiger partial charge >= 0.3 is 0 Å². The molecule has 2 rings (SSSR count). The number of thioether (sulfide) groups is 1. The van der Waals surface area contributed by atoms with Crippen LogP contribution in [0.2, 0.25) is 0 Å². The van der Waals surface area contributed by atoms with Crippen molar-refractivity contribution in [3.8, 4) is 11.3 Å². The minimum absolute atomic E-state index is 0.205. The number of hydrogen-bond donors (Lipinski definition) is 1. The Morgan fingerprint density at radius 1 is 1.17 bits per heavy atom. The van der Waals surface area contributed by atoms with E-state index in [-0.39, 0.29) is 5.95 Å². The van der Waals surface area contributed by atoms with Gasteiger partial charge in [0.05, 0.1) is 5.69 Å². The fourth-order valence-electron chi connectivity index (χ4n) is 1.55. The van der Waals surface area contributed by atoms with Crippen molar-refractivity contribution in [1.82, 2.24) is 9.97 Å². The highest BCUT2D eigenvalue weighted by atomic mass is 32.2. The van der Waals surface area contributed by atoms with Gasteiger partial charge in [0, 0.05) is 16.2 Å². The van der Waals surface area contributed by atoms with Gasteiger partial charge < -0.3 is 5.73 Å². The first-order chi connectivity index (χ1) is 8.54. The summed E-state index contributed by atoms with van der Waals surface area (Å²) in [4.78, 5) is 8.61. The molecule has 0 saturated carbocycles. The van der Waals surface area contributed by atoms with Crippen LogP contribution in [0.25, 0.3) is 11.3 Å². The SMILES string of the molecule is Cc1cc(-c2ccc(SC(F)F)cc2)nc(N)n1. The van der Waals surface area contributed by atoms with Crippen molar-refractivity contribution in [2.24, 2.45) is 0 Å². The van der Waals surface area contributed by atoms with E-state index in [0.717, 1.165) is 11.3 Å². The maximum absolute atomic E-state index is 12.2. The summed E-state index contributed by atoms with van der Waals surface area (Å²) in [7, 11) is 0. The molecular formula is C12H11F2N3S. The predicted octanol–water partition coefficient (Wildman–Crippen LogP) is 3.35. The Labute approximate surface area is 107 Å². The van der Waals surface area contributed by atoms with Crippen molar-refractivity contribution in [3.05, 3.63) is 36.0 Å². The molecule has 0 aliphatic rings. The zero-order valence-corrected chi connectivity index (χ0v) is 10.4. The van der Waals surface area contributed by atoms with Gasteiger partial charge in [0.1, 0.15) is 0 Å². The molecule has 1 aromatic carbocycles. The Kier molecular flexibility index (Phi) is 3.76. The molecule has 0 amide bonds. The molecule has 1 heterocycles. The molecule has 3 nitrogen and oxygen atoms in total. The van der Waals surface area contributed by atoms with E-state index in [4.69, 9.17) is 5.73 Å². The van der Waals surface area contributed by atoms with Crippen LogP contribution in [0.3, 0.4) is 0 Å². The average molecular weight is 267 g/mol. The molecular weight excluding hydrogens is 256 g/mol. The summed E-state index contributed by atoms with van der Waals surface area (Å²) < 4.78 is 24.4. The first kappa shape index (κ1) is 12.8. The van der Waals surface area contributed by atoms with Gasteiger partial charge in [-0.25, -0.2) is 9.97 Å². The van der Waals surface area contributed by atoms with E-state index in [1.54, 1.807) is 30.3 Å². The van der Waals surface area contributed by atoms with Crippen LogP contribution in [0, 0.1) is 6.92 Å². The zero-order chi connectivity index (χ0) is 13.1. The minimum Gasteiger partial charge on any atom is -0.368 e. The number of anilines is 1. The van der Waals surface area contributed by atoms with Crippen molar-refractivity contribution in [2.45, 2.75) is 17.6 Å². The Bertz CT molecular complexity index is 523. The molecule has 1 aromatic heterocycles. The molecule has 0 atom stereocenters. The van der Waals surface area contributed by atoms with Crippen LogP contribution in [0.15, 0.2) is 35.2 Å². The van der Waals surface area contributed by atoms with Crippen LogP contribution in [0.5, 0.6) is 0 Å². The Balaban J connectivity index is 2.28. The van der Waals surface area contributed by atoms with E-state index < -0.39 is 5.76 Å². The second-order valence-electron chi connectivity index (χ2n) is 3.66. The molecule has 0 unspecified atom stereocenters. The highest BCUT2D eigenvalue weighted by Gasteiger charge is 2.06. The van der Waals surface area contributed by atoms with Gasteiger partial charge in [0.25, 0.3) is 5.76 Å². The minimum atomic E-state index is -2.41. The van der Waals surface area contributed by atoms with Gasteiger partial charge in [0.15, 0.2) is 0 Å². The molecule has 0 bridgehead atoms. The number of hydrogen-bond acceptors (Lipinski definition) is 4. The Morgan fingerprint density at radius 2 is 1.83 bits per heavy atom. The number of benzene rings is 1. The molecule has 0 radical (unpaired) electrons. The normalized spacial score (nSPS) is 10.9. The summed E-state index contributed by atoms with van der Waals surface area (Å²) in [5, 5.41) is 0. The molecule has 18 heavy (non-hydrogen) atoms. The summed E-state index contributed by atoms with van der Waals surface area (Å²) in [5.74, 6) is -2.20. The molecule has 2 aromatic rings. The molecule has 0 aliphatic heterocycles. The number of halogens is 2. The second kappa shape index (κ2) is 5.30. The fraction of sp³-hybridized carbons (Fsp3) is 0.167. The highest BCUT2D eigenvalue weighted by molar-refractivity contribution is 7.99. The number of alkyl halides is 2. The lowest BCUT2D eigenvalue weighted by atomic mass is 10.1. The van der Waals surface area contributed by atoms with Gasteiger partial charge in [-0.3, -0.25) is 0 Å². The highest BCUT2D eigenvalue weighted by Crippen LogP contribution is 2.27. The van der Waals surface area contributed by atoms with E-state index >= 15 is 0 Å². The average Bonchev–Trinajstić information content (AvgIpc) is 2.27. The van der Waals surface area contributed by atoms with Crippen LogP contribution in [0.1, 0.15) is 5.69 Å². The first-order valence-electron chi connectivity index (χ1n) is 5.21. The van der Waals surface area contributed by atoms with E-state index in [0.29, 0.717) is 22.4 Å². The van der Waals surface area contributed by atoms with Crippen LogP contribution >= 0.6 is 11.8 Å². The smallest absolute Gasteiger partial charge is 0.288 e. The van der Waals surface area contributed by atoms with Crippen LogP contribution in [0.4, 0.5) is 14.7 Å². The molecule has 0 aliphatic carbocycles. The van der Waals surface area contributed by atoms with Crippen LogP contribution < -0.4 is 5.73 Å².